The minimum absolute atomic E-state index is 0.0310. The highest BCUT2D eigenvalue weighted by atomic mass is 16.5. The van der Waals surface area contributed by atoms with Crippen molar-refractivity contribution in [3.05, 3.63) is 29.8 Å². The number of aryl methyl sites for hydroxylation is 1. The van der Waals surface area contributed by atoms with Gasteiger partial charge in [0.25, 0.3) is 0 Å². The molecule has 0 bridgehead atoms. The lowest BCUT2D eigenvalue weighted by atomic mass is 10.1. The van der Waals surface area contributed by atoms with E-state index in [2.05, 4.69) is 5.32 Å². The van der Waals surface area contributed by atoms with Crippen LogP contribution in [0.5, 0.6) is 5.75 Å². The fourth-order valence-corrected chi connectivity index (χ4v) is 1.53. The van der Waals surface area contributed by atoms with Gasteiger partial charge in [0.2, 0.25) is 0 Å². The van der Waals surface area contributed by atoms with Gasteiger partial charge < -0.3 is 15.2 Å². The van der Waals surface area contributed by atoms with Crippen LogP contribution in [0.3, 0.4) is 0 Å². The van der Waals surface area contributed by atoms with E-state index in [-0.39, 0.29) is 6.54 Å². The van der Waals surface area contributed by atoms with Gasteiger partial charge in [0.15, 0.2) is 0 Å². The molecule has 0 heterocycles. The first kappa shape index (κ1) is 13.5. The van der Waals surface area contributed by atoms with Gasteiger partial charge in [0, 0.05) is 0 Å². The van der Waals surface area contributed by atoms with E-state index in [1.807, 2.05) is 31.2 Å². The summed E-state index contributed by atoms with van der Waals surface area (Å²) in [7, 11) is 0. The van der Waals surface area contributed by atoms with Crippen LogP contribution in [0, 0.1) is 0 Å². The van der Waals surface area contributed by atoms with E-state index >= 15 is 0 Å². The second kappa shape index (κ2) is 7.68. The summed E-state index contributed by atoms with van der Waals surface area (Å²) in [5.41, 5.74) is 1.24. The predicted octanol–water partition coefficient (Wildman–Crippen LogP) is 1.69. The SMILES string of the molecule is CCOc1ccc(CCCNCC(=O)O)cc1. The number of benzene rings is 1. The third-order valence-corrected chi connectivity index (χ3v) is 2.33. The Kier molecular flexibility index (Phi) is 6.10. The molecule has 4 nitrogen and oxygen atoms in total. The largest absolute Gasteiger partial charge is 0.494 e. The number of rotatable bonds is 8. The summed E-state index contributed by atoms with van der Waals surface area (Å²) in [6.07, 6.45) is 1.88. The minimum atomic E-state index is -0.814. The maximum absolute atomic E-state index is 10.3. The number of carboxylic acid groups (broad SMARTS) is 1. The Morgan fingerprint density at radius 3 is 2.65 bits per heavy atom. The molecule has 0 saturated carbocycles. The Hall–Kier alpha value is -1.55. The molecule has 0 saturated heterocycles. The van der Waals surface area contributed by atoms with E-state index in [9.17, 15) is 4.79 Å². The fourth-order valence-electron chi connectivity index (χ4n) is 1.53. The van der Waals surface area contributed by atoms with Crippen LogP contribution >= 0.6 is 0 Å². The van der Waals surface area contributed by atoms with Gasteiger partial charge in [0.05, 0.1) is 13.2 Å². The maximum atomic E-state index is 10.3. The highest BCUT2D eigenvalue weighted by molar-refractivity contribution is 5.68. The molecule has 1 aromatic carbocycles. The molecule has 0 fully saturated rings. The monoisotopic (exact) mass is 237 g/mol. The molecule has 1 aromatic rings. The quantitative estimate of drug-likeness (QED) is 0.675. The number of carboxylic acids is 1. The van der Waals surface area contributed by atoms with Crippen LogP contribution in [0.4, 0.5) is 0 Å². The average Bonchev–Trinajstić information content (AvgIpc) is 2.31. The van der Waals surface area contributed by atoms with Crippen LogP contribution < -0.4 is 10.1 Å². The molecule has 0 aliphatic rings. The fraction of sp³-hybridized carbons (Fsp3) is 0.462. The van der Waals surface area contributed by atoms with Crippen LogP contribution in [0.1, 0.15) is 18.9 Å². The molecule has 0 spiro atoms. The summed E-state index contributed by atoms with van der Waals surface area (Å²) < 4.78 is 5.35. The lowest BCUT2D eigenvalue weighted by Gasteiger charge is -2.05. The van der Waals surface area contributed by atoms with Crippen molar-refractivity contribution in [2.24, 2.45) is 0 Å². The van der Waals surface area contributed by atoms with Gasteiger partial charge in [-0.25, -0.2) is 0 Å². The van der Waals surface area contributed by atoms with E-state index < -0.39 is 5.97 Å². The molecule has 0 aromatic heterocycles. The Labute approximate surface area is 102 Å². The van der Waals surface area contributed by atoms with Crippen LogP contribution in [0.15, 0.2) is 24.3 Å². The van der Waals surface area contributed by atoms with Crippen LogP contribution in [-0.4, -0.2) is 30.8 Å². The molecule has 0 aliphatic heterocycles. The molecule has 0 unspecified atom stereocenters. The van der Waals surface area contributed by atoms with Crippen molar-refractivity contribution >= 4 is 5.97 Å². The van der Waals surface area contributed by atoms with Crippen LogP contribution in [-0.2, 0) is 11.2 Å². The van der Waals surface area contributed by atoms with Crippen molar-refractivity contribution in [1.82, 2.24) is 5.32 Å². The highest BCUT2D eigenvalue weighted by Gasteiger charge is 1.97. The van der Waals surface area contributed by atoms with Crippen LogP contribution in [0.2, 0.25) is 0 Å². The summed E-state index contributed by atoms with van der Waals surface area (Å²) in [5.74, 6) is 0.0753. The van der Waals surface area contributed by atoms with E-state index in [0.29, 0.717) is 6.61 Å². The van der Waals surface area contributed by atoms with E-state index in [0.717, 1.165) is 25.1 Å². The molecule has 4 heteroatoms. The molecule has 0 radical (unpaired) electrons. The maximum Gasteiger partial charge on any atom is 0.317 e. The number of aliphatic carboxylic acids is 1. The van der Waals surface area contributed by atoms with Crippen molar-refractivity contribution in [2.45, 2.75) is 19.8 Å². The Morgan fingerprint density at radius 1 is 1.35 bits per heavy atom. The Bertz CT molecular complexity index is 335. The average molecular weight is 237 g/mol. The molecule has 17 heavy (non-hydrogen) atoms. The third kappa shape index (κ3) is 5.92. The predicted molar refractivity (Wildman–Crippen MR) is 66.4 cm³/mol. The lowest BCUT2D eigenvalue weighted by molar-refractivity contribution is -0.135. The number of hydrogen-bond acceptors (Lipinski definition) is 3. The summed E-state index contributed by atoms with van der Waals surface area (Å²) >= 11 is 0. The lowest BCUT2D eigenvalue weighted by Crippen LogP contribution is -2.23. The second-order valence-electron chi connectivity index (χ2n) is 3.75. The van der Waals surface area contributed by atoms with E-state index in [1.165, 1.54) is 5.56 Å². The van der Waals surface area contributed by atoms with Gasteiger partial charge in [-0.05, 0) is 44.0 Å². The Morgan fingerprint density at radius 2 is 2.06 bits per heavy atom. The van der Waals surface area contributed by atoms with Gasteiger partial charge in [-0.3, -0.25) is 4.79 Å². The van der Waals surface area contributed by atoms with E-state index in [4.69, 9.17) is 9.84 Å². The number of carbonyl (C=O) groups is 1. The summed E-state index contributed by atoms with van der Waals surface area (Å²) in [6, 6.07) is 8.01. The van der Waals surface area contributed by atoms with Gasteiger partial charge >= 0.3 is 5.97 Å². The van der Waals surface area contributed by atoms with Crippen LogP contribution in [0.25, 0.3) is 0 Å². The zero-order chi connectivity index (χ0) is 12.5. The molecule has 2 N–H and O–H groups in total. The molecular formula is C13H19NO3. The van der Waals surface area contributed by atoms with Crippen molar-refractivity contribution in [1.29, 1.82) is 0 Å². The van der Waals surface area contributed by atoms with Crippen molar-refractivity contribution in [3.8, 4) is 5.75 Å². The number of hydrogen-bond donors (Lipinski definition) is 2. The molecule has 1 rings (SSSR count). The van der Waals surface area contributed by atoms with Gasteiger partial charge in [0.1, 0.15) is 5.75 Å². The second-order valence-corrected chi connectivity index (χ2v) is 3.75. The van der Waals surface area contributed by atoms with Gasteiger partial charge in [-0.1, -0.05) is 12.1 Å². The van der Waals surface area contributed by atoms with Crippen molar-refractivity contribution in [3.63, 3.8) is 0 Å². The first-order chi connectivity index (χ1) is 8.22. The molecule has 0 atom stereocenters. The minimum Gasteiger partial charge on any atom is -0.494 e. The molecule has 94 valence electrons. The van der Waals surface area contributed by atoms with E-state index in [1.54, 1.807) is 0 Å². The highest BCUT2D eigenvalue weighted by Crippen LogP contribution is 2.12. The topological polar surface area (TPSA) is 58.6 Å². The molecule has 0 amide bonds. The first-order valence-electron chi connectivity index (χ1n) is 5.86. The zero-order valence-electron chi connectivity index (χ0n) is 10.1. The zero-order valence-corrected chi connectivity index (χ0v) is 10.1. The standard InChI is InChI=1S/C13H19NO3/c1-2-17-12-7-5-11(6-8-12)4-3-9-14-10-13(15)16/h5-8,14H,2-4,9-10H2,1H3,(H,15,16). The summed E-state index contributed by atoms with van der Waals surface area (Å²) in [5, 5.41) is 11.3. The number of nitrogens with one attached hydrogen (secondary N) is 1. The molecular weight excluding hydrogens is 218 g/mol. The number of ether oxygens (including phenoxy) is 1. The van der Waals surface area contributed by atoms with Crippen molar-refractivity contribution < 1.29 is 14.6 Å². The summed E-state index contributed by atoms with van der Waals surface area (Å²) in [6.45, 7) is 3.39. The third-order valence-electron chi connectivity index (χ3n) is 2.33. The normalized spacial score (nSPS) is 10.2. The van der Waals surface area contributed by atoms with Gasteiger partial charge in [-0.15, -0.1) is 0 Å². The van der Waals surface area contributed by atoms with Crippen molar-refractivity contribution in [2.75, 3.05) is 19.7 Å². The van der Waals surface area contributed by atoms with Gasteiger partial charge in [-0.2, -0.15) is 0 Å². The summed E-state index contributed by atoms with van der Waals surface area (Å²) in [4.78, 5) is 10.3. The first-order valence-corrected chi connectivity index (χ1v) is 5.86. The Balaban J connectivity index is 2.20. The molecule has 0 aliphatic carbocycles. The smallest absolute Gasteiger partial charge is 0.317 e.